The highest BCUT2D eigenvalue weighted by Gasteiger charge is 2.01. The molecule has 5 heteroatoms. The average Bonchev–Trinajstić information content (AvgIpc) is 2.74. The summed E-state index contributed by atoms with van der Waals surface area (Å²) in [5.74, 6) is 0.292. The van der Waals surface area contributed by atoms with E-state index in [1.165, 1.54) is 6.08 Å². The fourth-order valence-electron chi connectivity index (χ4n) is 1.38. The van der Waals surface area contributed by atoms with Gasteiger partial charge in [-0.3, -0.25) is 10.1 Å². The Balaban J connectivity index is 1.99. The molecule has 18 heavy (non-hydrogen) atoms. The molecule has 1 amide bonds. The highest BCUT2D eigenvalue weighted by molar-refractivity contribution is 6.30. The van der Waals surface area contributed by atoms with Gasteiger partial charge in [-0.05, 0) is 23.8 Å². The molecule has 0 unspecified atom stereocenters. The number of aryl methyl sites for hydroxylation is 1. The topological polar surface area (TPSA) is 46.9 Å². The maximum absolute atomic E-state index is 11.6. The van der Waals surface area contributed by atoms with Gasteiger partial charge in [0.15, 0.2) is 0 Å². The van der Waals surface area contributed by atoms with Crippen molar-refractivity contribution in [3.05, 3.63) is 53.3 Å². The third-order valence-corrected chi connectivity index (χ3v) is 2.61. The molecular formula is C13H12ClN3O. The Hall–Kier alpha value is -2.07. The van der Waals surface area contributed by atoms with Crippen LogP contribution in [0.1, 0.15) is 5.56 Å². The monoisotopic (exact) mass is 261 g/mol. The number of hydrogen-bond acceptors (Lipinski definition) is 2. The largest absolute Gasteiger partial charge is 0.320 e. The van der Waals surface area contributed by atoms with Crippen molar-refractivity contribution in [1.82, 2.24) is 9.55 Å². The second-order valence-electron chi connectivity index (χ2n) is 3.74. The van der Waals surface area contributed by atoms with Gasteiger partial charge in [-0.25, -0.2) is 4.98 Å². The Kier molecular flexibility index (Phi) is 3.79. The van der Waals surface area contributed by atoms with Crippen LogP contribution in [0.5, 0.6) is 0 Å². The van der Waals surface area contributed by atoms with E-state index >= 15 is 0 Å². The molecule has 0 aliphatic carbocycles. The summed E-state index contributed by atoms with van der Waals surface area (Å²) < 4.78 is 1.73. The van der Waals surface area contributed by atoms with Crippen LogP contribution in [-0.4, -0.2) is 15.5 Å². The lowest BCUT2D eigenvalue weighted by Crippen LogP contribution is -2.11. The smallest absolute Gasteiger partial charge is 0.250 e. The Labute approximate surface area is 110 Å². The van der Waals surface area contributed by atoms with Crippen molar-refractivity contribution in [3.63, 3.8) is 0 Å². The number of aromatic nitrogens is 2. The SMILES string of the molecule is Cn1ccnc1NC(=O)/C=C/c1ccc(Cl)cc1. The Morgan fingerprint density at radius 3 is 2.72 bits per heavy atom. The van der Waals surface area contributed by atoms with Gasteiger partial charge >= 0.3 is 0 Å². The Morgan fingerprint density at radius 2 is 2.11 bits per heavy atom. The first-order valence-electron chi connectivity index (χ1n) is 5.37. The highest BCUT2D eigenvalue weighted by Crippen LogP contribution is 2.10. The maximum Gasteiger partial charge on any atom is 0.250 e. The van der Waals surface area contributed by atoms with Gasteiger partial charge in [-0.15, -0.1) is 0 Å². The zero-order valence-electron chi connectivity index (χ0n) is 9.80. The third-order valence-electron chi connectivity index (χ3n) is 2.35. The summed E-state index contributed by atoms with van der Waals surface area (Å²) >= 11 is 5.77. The van der Waals surface area contributed by atoms with Crippen LogP contribution in [0.25, 0.3) is 6.08 Å². The summed E-state index contributed by atoms with van der Waals surface area (Å²) in [6.45, 7) is 0. The fraction of sp³-hybridized carbons (Fsp3) is 0.0769. The van der Waals surface area contributed by atoms with Crippen molar-refractivity contribution < 1.29 is 4.79 Å². The van der Waals surface area contributed by atoms with Gasteiger partial charge in [0.05, 0.1) is 0 Å². The molecule has 1 N–H and O–H groups in total. The Morgan fingerprint density at radius 1 is 1.39 bits per heavy atom. The number of nitrogens with zero attached hydrogens (tertiary/aromatic N) is 2. The third kappa shape index (κ3) is 3.21. The minimum atomic E-state index is -0.223. The summed E-state index contributed by atoms with van der Waals surface area (Å²) in [7, 11) is 1.81. The summed E-state index contributed by atoms with van der Waals surface area (Å²) in [5.41, 5.74) is 0.911. The molecule has 92 valence electrons. The molecule has 0 radical (unpaired) electrons. The zero-order chi connectivity index (χ0) is 13.0. The molecule has 4 nitrogen and oxygen atoms in total. The molecule has 0 atom stereocenters. The molecule has 1 aromatic carbocycles. The molecule has 0 spiro atoms. The first-order valence-corrected chi connectivity index (χ1v) is 5.75. The summed E-state index contributed by atoms with van der Waals surface area (Å²) in [4.78, 5) is 15.6. The number of nitrogens with one attached hydrogen (secondary N) is 1. The molecule has 2 rings (SSSR count). The van der Waals surface area contributed by atoms with Crippen LogP contribution in [0.15, 0.2) is 42.7 Å². The molecule has 0 saturated carbocycles. The quantitative estimate of drug-likeness (QED) is 0.864. The van der Waals surface area contributed by atoms with Gasteiger partial charge < -0.3 is 4.57 Å². The van der Waals surface area contributed by atoms with Crippen LogP contribution in [0, 0.1) is 0 Å². The van der Waals surface area contributed by atoms with Crippen LogP contribution in [0.3, 0.4) is 0 Å². The highest BCUT2D eigenvalue weighted by atomic mass is 35.5. The van der Waals surface area contributed by atoms with Crippen LogP contribution < -0.4 is 5.32 Å². The van der Waals surface area contributed by atoms with Crippen molar-refractivity contribution in [3.8, 4) is 0 Å². The Bertz CT molecular complexity index is 572. The second-order valence-corrected chi connectivity index (χ2v) is 4.17. The van der Waals surface area contributed by atoms with Gasteiger partial charge in [0.25, 0.3) is 5.91 Å². The summed E-state index contributed by atoms with van der Waals surface area (Å²) in [6.07, 6.45) is 6.56. The molecule has 0 fully saturated rings. The normalized spacial score (nSPS) is 10.8. The van der Waals surface area contributed by atoms with Crippen molar-refractivity contribution in [1.29, 1.82) is 0 Å². The van der Waals surface area contributed by atoms with Gasteiger partial charge in [0.1, 0.15) is 0 Å². The van der Waals surface area contributed by atoms with Gasteiger partial charge in [0.2, 0.25) is 5.95 Å². The molecule has 0 saturated heterocycles. The number of carbonyl (C=O) groups excluding carboxylic acids is 1. The number of amides is 1. The van der Waals surface area contributed by atoms with E-state index in [9.17, 15) is 4.79 Å². The van der Waals surface area contributed by atoms with Gasteiger partial charge in [0, 0.05) is 30.5 Å². The minimum absolute atomic E-state index is 0.223. The lowest BCUT2D eigenvalue weighted by atomic mass is 10.2. The summed E-state index contributed by atoms with van der Waals surface area (Å²) in [5, 5.41) is 3.34. The minimum Gasteiger partial charge on any atom is -0.320 e. The van der Waals surface area contributed by atoms with E-state index in [-0.39, 0.29) is 5.91 Å². The molecule has 2 aromatic rings. The number of halogens is 1. The van der Waals surface area contributed by atoms with E-state index in [0.29, 0.717) is 11.0 Å². The van der Waals surface area contributed by atoms with E-state index in [4.69, 9.17) is 11.6 Å². The standard InChI is InChI=1S/C13H12ClN3O/c1-17-9-8-15-13(17)16-12(18)7-4-10-2-5-11(14)6-3-10/h2-9H,1H3,(H,15,16,18)/b7-4+. The van der Waals surface area contributed by atoms with Crippen molar-refractivity contribution in [2.24, 2.45) is 7.05 Å². The van der Waals surface area contributed by atoms with Crippen LogP contribution in [-0.2, 0) is 11.8 Å². The number of rotatable bonds is 3. The first kappa shape index (κ1) is 12.4. The maximum atomic E-state index is 11.6. The molecule has 0 bridgehead atoms. The second kappa shape index (κ2) is 5.51. The molecule has 1 heterocycles. The lowest BCUT2D eigenvalue weighted by Gasteiger charge is -2.00. The van der Waals surface area contributed by atoms with Gasteiger partial charge in [-0.1, -0.05) is 23.7 Å². The van der Waals surface area contributed by atoms with E-state index in [2.05, 4.69) is 10.3 Å². The predicted octanol–water partition coefficient (Wildman–Crippen LogP) is 2.73. The van der Waals surface area contributed by atoms with Crippen molar-refractivity contribution in [2.75, 3.05) is 5.32 Å². The molecule has 0 aliphatic rings. The van der Waals surface area contributed by atoms with Crippen molar-refractivity contribution in [2.45, 2.75) is 0 Å². The first-order chi connectivity index (χ1) is 8.65. The van der Waals surface area contributed by atoms with Crippen LogP contribution >= 0.6 is 11.6 Å². The van der Waals surface area contributed by atoms with Crippen molar-refractivity contribution >= 4 is 29.5 Å². The molecular weight excluding hydrogens is 250 g/mol. The van der Waals surface area contributed by atoms with Crippen LogP contribution in [0.2, 0.25) is 5.02 Å². The van der Waals surface area contributed by atoms with E-state index in [0.717, 1.165) is 5.56 Å². The number of hydrogen-bond donors (Lipinski definition) is 1. The lowest BCUT2D eigenvalue weighted by molar-refractivity contribution is -0.111. The fourth-order valence-corrected chi connectivity index (χ4v) is 1.51. The van der Waals surface area contributed by atoms with E-state index in [1.807, 2.05) is 19.2 Å². The number of anilines is 1. The van der Waals surface area contributed by atoms with E-state index < -0.39 is 0 Å². The average molecular weight is 262 g/mol. The number of imidazole rings is 1. The van der Waals surface area contributed by atoms with E-state index in [1.54, 1.807) is 35.2 Å². The van der Waals surface area contributed by atoms with Gasteiger partial charge in [-0.2, -0.15) is 0 Å². The van der Waals surface area contributed by atoms with Crippen LogP contribution in [0.4, 0.5) is 5.95 Å². The number of carbonyl (C=O) groups is 1. The number of benzene rings is 1. The molecule has 1 aromatic heterocycles. The summed E-state index contributed by atoms with van der Waals surface area (Å²) in [6, 6.07) is 7.23. The predicted molar refractivity (Wildman–Crippen MR) is 72.3 cm³/mol. The molecule has 0 aliphatic heterocycles. The zero-order valence-corrected chi connectivity index (χ0v) is 10.6.